The maximum absolute atomic E-state index is 12.0. The van der Waals surface area contributed by atoms with E-state index in [0.717, 1.165) is 25.0 Å². The Bertz CT molecular complexity index is 513. The summed E-state index contributed by atoms with van der Waals surface area (Å²) in [6.07, 6.45) is 2.20. The molecule has 0 fully saturated rings. The molecule has 5 heteroatoms. The lowest BCUT2D eigenvalue weighted by atomic mass is 10.1. The number of hydrogen-bond donors (Lipinski definition) is 1. The van der Waals surface area contributed by atoms with E-state index < -0.39 is 9.84 Å². The SMILES string of the molecule is CCCCOCCNC1CS(=O)(=O)c2ccccc21. The molecule has 0 aliphatic carbocycles. The molecule has 1 aliphatic rings. The summed E-state index contributed by atoms with van der Waals surface area (Å²) in [6, 6.07) is 7.12. The standard InChI is InChI=1S/C14H21NO3S/c1-2-3-9-18-10-8-15-13-11-19(16,17)14-7-5-4-6-12(13)14/h4-7,13,15H,2-3,8-11H2,1H3. The summed E-state index contributed by atoms with van der Waals surface area (Å²) in [5.74, 6) is 0.154. The number of hydrogen-bond acceptors (Lipinski definition) is 4. The van der Waals surface area contributed by atoms with E-state index in [1.54, 1.807) is 12.1 Å². The molecular formula is C14H21NO3S. The minimum Gasteiger partial charge on any atom is -0.380 e. The monoisotopic (exact) mass is 283 g/mol. The second-order valence-electron chi connectivity index (χ2n) is 4.79. The summed E-state index contributed by atoms with van der Waals surface area (Å²) in [5, 5.41) is 3.27. The first-order valence-corrected chi connectivity index (χ1v) is 8.43. The molecule has 106 valence electrons. The van der Waals surface area contributed by atoms with E-state index in [9.17, 15) is 8.42 Å². The van der Waals surface area contributed by atoms with Gasteiger partial charge in [-0.05, 0) is 18.1 Å². The van der Waals surface area contributed by atoms with Gasteiger partial charge in [0.1, 0.15) is 0 Å². The van der Waals surface area contributed by atoms with E-state index in [0.29, 0.717) is 18.0 Å². The first-order valence-electron chi connectivity index (χ1n) is 6.78. The van der Waals surface area contributed by atoms with Gasteiger partial charge in [-0.25, -0.2) is 8.42 Å². The van der Waals surface area contributed by atoms with Gasteiger partial charge in [0.15, 0.2) is 9.84 Å². The minimum absolute atomic E-state index is 0.101. The van der Waals surface area contributed by atoms with E-state index in [4.69, 9.17) is 4.74 Å². The van der Waals surface area contributed by atoms with Crippen LogP contribution in [-0.4, -0.2) is 33.9 Å². The van der Waals surface area contributed by atoms with Gasteiger partial charge in [0.25, 0.3) is 0 Å². The smallest absolute Gasteiger partial charge is 0.180 e. The van der Waals surface area contributed by atoms with E-state index >= 15 is 0 Å². The second-order valence-corrected chi connectivity index (χ2v) is 6.79. The van der Waals surface area contributed by atoms with Crippen molar-refractivity contribution in [3.05, 3.63) is 29.8 Å². The van der Waals surface area contributed by atoms with Gasteiger partial charge in [-0.15, -0.1) is 0 Å². The fraction of sp³-hybridized carbons (Fsp3) is 0.571. The minimum atomic E-state index is -3.11. The maximum Gasteiger partial charge on any atom is 0.180 e. The zero-order chi connectivity index (χ0) is 13.7. The average Bonchev–Trinajstić information content (AvgIpc) is 2.66. The topological polar surface area (TPSA) is 55.4 Å². The Hall–Kier alpha value is -0.910. The first-order chi connectivity index (χ1) is 9.15. The van der Waals surface area contributed by atoms with Crippen LogP contribution in [0.1, 0.15) is 31.4 Å². The lowest BCUT2D eigenvalue weighted by molar-refractivity contribution is 0.131. The molecule has 2 rings (SSSR count). The molecule has 0 radical (unpaired) electrons. The lowest BCUT2D eigenvalue weighted by Crippen LogP contribution is -2.26. The zero-order valence-corrected chi connectivity index (χ0v) is 12.1. The number of nitrogens with one attached hydrogen (secondary N) is 1. The third kappa shape index (κ3) is 3.55. The normalized spacial score (nSPS) is 20.4. The van der Waals surface area contributed by atoms with Crippen LogP contribution in [0.4, 0.5) is 0 Å². The van der Waals surface area contributed by atoms with Crippen LogP contribution in [0.2, 0.25) is 0 Å². The van der Waals surface area contributed by atoms with Crippen LogP contribution < -0.4 is 5.32 Å². The highest BCUT2D eigenvalue weighted by molar-refractivity contribution is 7.91. The Labute approximate surface area is 115 Å². The highest BCUT2D eigenvalue weighted by atomic mass is 32.2. The Kier molecular flexibility index (Phi) is 4.96. The van der Waals surface area contributed by atoms with E-state index in [1.807, 2.05) is 12.1 Å². The number of sulfone groups is 1. The molecule has 1 atom stereocenters. The Morgan fingerprint density at radius 2 is 2.11 bits per heavy atom. The molecule has 1 aromatic rings. The molecule has 0 spiro atoms. The van der Waals surface area contributed by atoms with Gasteiger partial charge >= 0.3 is 0 Å². The predicted octanol–water partition coefficient (Wildman–Crippen LogP) is 1.92. The largest absolute Gasteiger partial charge is 0.380 e. The number of ether oxygens (including phenoxy) is 1. The molecule has 19 heavy (non-hydrogen) atoms. The third-order valence-corrected chi connectivity index (χ3v) is 5.11. The van der Waals surface area contributed by atoms with Gasteiger partial charge in [0, 0.05) is 19.2 Å². The Balaban J connectivity index is 1.86. The van der Waals surface area contributed by atoms with Gasteiger partial charge in [-0.2, -0.15) is 0 Å². The van der Waals surface area contributed by atoms with Crippen molar-refractivity contribution in [1.82, 2.24) is 5.32 Å². The van der Waals surface area contributed by atoms with Crippen LogP contribution in [0, 0.1) is 0 Å². The van der Waals surface area contributed by atoms with E-state index in [-0.39, 0.29) is 11.8 Å². The molecular weight excluding hydrogens is 262 g/mol. The maximum atomic E-state index is 12.0. The third-order valence-electron chi connectivity index (χ3n) is 3.29. The lowest BCUT2D eigenvalue weighted by Gasteiger charge is -2.12. The van der Waals surface area contributed by atoms with Crippen LogP contribution in [0.25, 0.3) is 0 Å². The molecule has 0 bridgehead atoms. The van der Waals surface area contributed by atoms with Crippen LogP contribution in [0.5, 0.6) is 0 Å². The summed E-state index contributed by atoms with van der Waals surface area (Å²) in [5.41, 5.74) is 0.885. The molecule has 0 saturated carbocycles. The van der Waals surface area contributed by atoms with Crippen LogP contribution in [0.15, 0.2) is 29.2 Å². The van der Waals surface area contributed by atoms with Gasteiger partial charge in [-0.1, -0.05) is 31.5 Å². The molecule has 0 saturated heterocycles. The molecule has 1 heterocycles. The summed E-state index contributed by atoms with van der Waals surface area (Å²) in [4.78, 5) is 0.472. The van der Waals surface area contributed by atoms with Crippen molar-refractivity contribution < 1.29 is 13.2 Å². The average molecular weight is 283 g/mol. The fourth-order valence-corrected chi connectivity index (χ4v) is 4.04. The van der Waals surface area contributed by atoms with Crippen molar-refractivity contribution in [2.75, 3.05) is 25.5 Å². The van der Waals surface area contributed by atoms with Gasteiger partial charge in [-0.3, -0.25) is 0 Å². The van der Waals surface area contributed by atoms with Crippen molar-refractivity contribution in [1.29, 1.82) is 0 Å². The number of fused-ring (bicyclic) bond motifs is 1. The van der Waals surface area contributed by atoms with Gasteiger partial charge < -0.3 is 10.1 Å². The summed E-state index contributed by atoms with van der Waals surface area (Å²) >= 11 is 0. The zero-order valence-electron chi connectivity index (χ0n) is 11.3. The van der Waals surface area contributed by atoms with E-state index in [2.05, 4.69) is 12.2 Å². The second kappa shape index (κ2) is 6.50. The van der Waals surface area contributed by atoms with Crippen molar-refractivity contribution in [2.24, 2.45) is 0 Å². The Morgan fingerprint density at radius 3 is 2.89 bits per heavy atom. The summed E-state index contributed by atoms with van der Waals surface area (Å²) in [7, 11) is -3.11. The number of benzene rings is 1. The van der Waals surface area contributed by atoms with Crippen molar-refractivity contribution >= 4 is 9.84 Å². The summed E-state index contributed by atoms with van der Waals surface area (Å²) < 4.78 is 29.4. The summed E-state index contributed by atoms with van der Waals surface area (Å²) in [6.45, 7) is 4.20. The molecule has 1 unspecified atom stereocenters. The highest BCUT2D eigenvalue weighted by Crippen LogP contribution is 2.32. The molecule has 0 amide bonds. The molecule has 4 nitrogen and oxygen atoms in total. The number of unbranched alkanes of at least 4 members (excludes halogenated alkanes) is 1. The van der Waals surface area contributed by atoms with Gasteiger partial charge in [0.05, 0.1) is 17.3 Å². The van der Waals surface area contributed by atoms with Crippen LogP contribution in [0.3, 0.4) is 0 Å². The fourth-order valence-electron chi connectivity index (χ4n) is 2.27. The molecule has 1 N–H and O–H groups in total. The highest BCUT2D eigenvalue weighted by Gasteiger charge is 2.33. The van der Waals surface area contributed by atoms with Crippen molar-refractivity contribution in [3.63, 3.8) is 0 Å². The van der Waals surface area contributed by atoms with E-state index in [1.165, 1.54) is 0 Å². The van der Waals surface area contributed by atoms with Crippen molar-refractivity contribution in [2.45, 2.75) is 30.7 Å². The Morgan fingerprint density at radius 1 is 1.32 bits per heavy atom. The first kappa shape index (κ1) is 14.5. The number of rotatable bonds is 7. The van der Waals surface area contributed by atoms with Crippen LogP contribution >= 0.6 is 0 Å². The van der Waals surface area contributed by atoms with Crippen LogP contribution in [-0.2, 0) is 14.6 Å². The molecule has 1 aliphatic heterocycles. The predicted molar refractivity (Wildman–Crippen MR) is 75.0 cm³/mol. The quantitative estimate of drug-likeness (QED) is 0.777. The molecule has 1 aromatic carbocycles. The van der Waals surface area contributed by atoms with Gasteiger partial charge in [0.2, 0.25) is 0 Å². The van der Waals surface area contributed by atoms with Crippen molar-refractivity contribution in [3.8, 4) is 0 Å². The molecule has 0 aromatic heterocycles.